The van der Waals surface area contributed by atoms with E-state index in [9.17, 15) is 0 Å². The monoisotopic (exact) mass is 167 g/mol. The molecule has 11 heavy (non-hydrogen) atoms. The molecule has 0 amide bonds. The van der Waals surface area contributed by atoms with Crippen LogP contribution in [-0.2, 0) is 6.16 Å². The maximum atomic E-state index is 3.15. The van der Waals surface area contributed by atoms with E-state index in [1.807, 2.05) is 7.05 Å². The van der Waals surface area contributed by atoms with Crippen molar-refractivity contribution in [2.75, 3.05) is 13.3 Å². The van der Waals surface area contributed by atoms with Crippen molar-refractivity contribution in [3.63, 3.8) is 0 Å². The van der Waals surface area contributed by atoms with Gasteiger partial charge in [-0.05, 0) is 18.8 Å². The molecule has 0 saturated carbocycles. The van der Waals surface area contributed by atoms with E-state index in [0.717, 1.165) is 14.9 Å². The number of nitrogens with one attached hydrogen (secondary N) is 1. The van der Waals surface area contributed by atoms with Crippen LogP contribution >= 0.6 is 8.58 Å². The maximum Gasteiger partial charge on any atom is 0.0127 e. The Morgan fingerprint density at radius 1 is 1.27 bits per heavy atom. The van der Waals surface area contributed by atoms with Gasteiger partial charge < -0.3 is 5.32 Å². The third kappa shape index (κ3) is 3.50. The number of rotatable bonds is 4. The normalized spacial score (nSPS) is 11.0. The molecule has 0 aliphatic carbocycles. The second-order valence-corrected chi connectivity index (χ2v) is 3.65. The lowest BCUT2D eigenvalue weighted by Crippen LogP contribution is -2.01. The predicted molar refractivity (Wildman–Crippen MR) is 52.4 cm³/mol. The van der Waals surface area contributed by atoms with Gasteiger partial charge in [-0.1, -0.05) is 30.3 Å². The van der Waals surface area contributed by atoms with Gasteiger partial charge in [-0.3, -0.25) is 0 Å². The Bertz CT molecular complexity index is 186. The summed E-state index contributed by atoms with van der Waals surface area (Å²) in [5.41, 5.74) is 1.45. The van der Waals surface area contributed by atoms with Crippen molar-refractivity contribution < 1.29 is 0 Å². The Hall–Kier alpha value is -0.390. The maximum absolute atomic E-state index is 3.15. The van der Waals surface area contributed by atoms with Crippen molar-refractivity contribution in [2.24, 2.45) is 0 Å². The standard InChI is InChI=1S/C9H14NP/c1-10-8-11-7-9-5-3-2-4-6-9/h2-6,10-11H,7-8H2,1H3. The molecule has 1 atom stereocenters. The van der Waals surface area contributed by atoms with Crippen LogP contribution in [-0.4, -0.2) is 13.3 Å². The lowest BCUT2D eigenvalue weighted by molar-refractivity contribution is 0.976. The van der Waals surface area contributed by atoms with E-state index in [4.69, 9.17) is 0 Å². The molecule has 1 aromatic carbocycles. The summed E-state index contributed by atoms with van der Waals surface area (Å²) in [7, 11) is 3.00. The molecular weight excluding hydrogens is 153 g/mol. The van der Waals surface area contributed by atoms with Gasteiger partial charge in [-0.2, -0.15) is 0 Å². The van der Waals surface area contributed by atoms with Gasteiger partial charge in [-0.15, -0.1) is 8.58 Å². The van der Waals surface area contributed by atoms with E-state index in [-0.39, 0.29) is 0 Å². The smallest absolute Gasteiger partial charge is 0.0127 e. The van der Waals surface area contributed by atoms with Gasteiger partial charge in [0.2, 0.25) is 0 Å². The molecule has 1 aromatic rings. The van der Waals surface area contributed by atoms with Gasteiger partial charge in [0.1, 0.15) is 0 Å². The van der Waals surface area contributed by atoms with Gasteiger partial charge in [0.05, 0.1) is 0 Å². The highest BCUT2D eigenvalue weighted by Gasteiger charge is 1.88. The Balaban J connectivity index is 2.28. The predicted octanol–water partition coefficient (Wildman–Crippen LogP) is 2.04. The Labute approximate surface area is 70.0 Å². The zero-order chi connectivity index (χ0) is 7.94. The summed E-state index contributed by atoms with van der Waals surface area (Å²) in [4.78, 5) is 0. The van der Waals surface area contributed by atoms with Crippen LogP contribution in [0.5, 0.6) is 0 Å². The average molecular weight is 167 g/mol. The molecule has 0 aliphatic heterocycles. The van der Waals surface area contributed by atoms with E-state index in [1.54, 1.807) is 0 Å². The highest BCUT2D eigenvalue weighted by molar-refractivity contribution is 7.36. The molecular formula is C9H14NP. The minimum absolute atomic E-state index is 0.999. The molecule has 0 radical (unpaired) electrons. The number of benzene rings is 1. The Morgan fingerprint density at radius 3 is 2.64 bits per heavy atom. The first-order valence-electron chi connectivity index (χ1n) is 3.82. The van der Waals surface area contributed by atoms with Crippen molar-refractivity contribution in [2.45, 2.75) is 6.16 Å². The topological polar surface area (TPSA) is 12.0 Å². The number of hydrogen-bond acceptors (Lipinski definition) is 1. The minimum atomic E-state index is 0.999. The van der Waals surface area contributed by atoms with Crippen molar-refractivity contribution in [1.82, 2.24) is 5.32 Å². The van der Waals surface area contributed by atoms with E-state index in [2.05, 4.69) is 35.6 Å². The van der Waals surface area contributed by atoms with Gasteiger partial charge >= 0.3 is 0 Å². The van der Waals surface area contributed by atoms with Crippen LogP contribution in [0.4, 0.5) is 0 Å². The highest BCUT2D eigenvalue weighted by Crippen LogP contribution is 2.15. The quantitative estimate of drug-likeness (QED) is 0.534. The van der Waals surface area contributed by atoms with E-state index >= 15 is 0 Å². The molecule has 1 rings (SSSR count). The summed E-state index contributed by atoms with van der Waals surface area (Å²) in [6.45, 7) is 0. The molecule has 60 valence electrons. The zero-order valence-corrected chi connectivity index (χ0v) is 7.80. The molecule has 0 fully saturated rings. The van der Waals surface area contributed by atoms with Crippen LogP contribution in [0.25, 0.3) is 0 Å². The van der Waals surface area contributed by atoms with E-state index in [1.165, 1.54) is 11.7 Å². The fourth-order valence-electron chi connectivity index (χ4n) is 0.928. The highest BCUT2D eigenvalue weighted by atomic mass is 31.1. The third-order valence-electron chi connectivity index (χ3n) is 1.47. The molecule has 1 nitrogen and oxygen atoms in total. The van der Waals surface area contributed by atoms with Crippen LogP contribution < -0.4 is 5.32 Å². The van der Waals surface area contributed by atoms with Crippen LogP contribution in [0.2, 0.25) is 0 Å². The van der Waals surface area contributed by atoms with Crippen LogP contribution in [0.3, 0.4) is 0 Å². The molecule has 0 aliphatic rings. The number of hydrogen-bond donors (Lipinski definition) is 1. The zero-order valence-electron chi connectivity index (χ0n) is 6.80. The summed E-state index contributed by atoms with van der Waals surface area (Å²) in [5, 5.41) is 3.15. The van der Waals surface area contributed by atoms with Crippen LogP contribution in [0, 0.1) is 0 Å². The second kappa shape index (κ2) is 5.29. The molecule has 0 aromatic heterocycles. The minimum Gasteiger partial charge on any atom is -0.316 e. The SMILES string of the molecule is CNCPCc1ccccc1. The fraction of sp³-hybridized carbons (Fsp3) is 0.333. The molecule has 1 unspecified atom stereocenters. The van der Waals surface area contributed by atoms with Crippen LogP contribution in [0.15, 0.2) is 30.3 Å². The first-order valence-corrected chi connectivity index (χ1v) is 5.24. The molecule has 0 heterocycles. The van der Waals surface area contributed by atoms with E-state index in [0.29, 0.717) is 0 Å². The van der Waals surface area contributed by atoms with Crippen molar-refractivity contribution in [3.05, 3.63) is 35.9 Å². The first-order chi connectivity index (χ1) is 5.43. The average Bonchev–Trinajstić information content (AvgIpc) is 2.07. The largest absolute Gasteiger partial charge is 0.316 e. The Morgan fingerprint density at radius 2 is 2.00 bits per heavy atom. The summed E-state index contributed by atoms with van der Waals surface area (Å²) in [5.74, 6) is 0. The molecule has 2 heteroatoms. The van der Waals surface area contributed by atoms with Crippen LogP contribution in [0.1, 0.15) is 5.56 Å². The van der Waals surface area contributed by atoms with Gasteiger partial charge in [0.15, 0.2) is 0 Å². The molecule has 1 N–H and O–H groups in total. The lowest BCUT2D eigenvalue weighted by Gasteiger charge is -1.99. The Kier molecular flexibility index (Phi) is 4.18. The van der Waals surface area contributed by atoms with Crippen molar-refractivity contribution in [3.8, 4) is 0 Å². The lowest BCUT2D eigenvalue weighted by atomic mass is 10.2. The second-order valence-electron chi connectivity index (χ2n) is 2.44. The summed E-state index contributed by atoms with van der Waals surface area (Å²) < 4.78 is 0. The van der Waals surface area contributed by atoms with E-state index < -0.39 is 0 Å². The molecule has 0 bridgehead atoms. The van der Waals surface area contributed by atoms with Gasteiger partial charge in [-0.25, -0.2) is 0 Å². The van der Waals surface area contributed by atoms with Gasteiger partial charge in [0, 0.05) is 6.29 Å². The summed E-state index contributed by atoms with van der Waals surface area (Å²) >= 11 is 0. The fourth-order valence-corrected chi connectivity index (χ4v) is 1.83. The molecule has 0 saturated heterocycles. The van der Waals surface area contributed by atoms with Crippen molar-refractivity contribution in [1.29, 1.82) is 0 Å². The van der Waals surface area contributed by atoms with Gasteiger partial charge in [0.25, 0.3) is 0 Å². The molecule has 0 spiro atoms. The summed E-state index contributed by atoms with van der Waals surface area (Å²) in [6.07, 6.45) is 2.34. The van der Waals surface area contributed by atoms with Crippen molar-refractivity contribution >= 4 is 8.58 Å². The third-order valence-corrected chi connectivity index (χ3v) is 2.74. The first kappa shape index (κ1) is 8.70. The summed E-state index contributed by atoms with van der Waals surface area (Å²) in [6, 6.07) is 10.6.